The first-order chi connectivity index (χ1) is 5.70. The molecule has 0 spiro atoms. The molecule has 1 N–H and O–H groups in total. The molecule has 0 atom stereocenters. The molecule has 0 rings (SSSR count). The van der Waals surface area contributed by atoms with Crippen LogP contribution in [0.15, 0.2) is 36.1 Å². The van der Waals surface area contributed by atoms with Gasteiger partial charge < -0.3 is 5.32 Å². The van der Waals surface area contributed by atoms with Gasteiger partial charge in [-0.25, -0.2) is 0 Å². The second-order valence-corrected chi connectivity index (χ2v) is 2.84. The van der Waals surface area contributed by atoms with E-state index in [1.165, 1.54) is 5.57 Å². The predicted octanol–water partition coefficient (Wildman–Crippen LogP) is 3.02. The second-order valence-electron chi connectivity index (χ2n) is 2.84. The van der Waals surface area contributed by atoms with Gasteiger partial charge in [0.15, 0.2) is 0 Å². The summed E-state index contributed by atoms with van der Waals surface area (Å²) in [7, 11) is 0. The molecule has 1 nitrogen and oxygen atoms in total. The minimum absolute atomic E-state index is 0.993. The molecule has 1 heteroatoms. The number of nitrogens with one attached hydrogen (secondary N) is 1. The zero-order valence-corrected chi connectivity index (χ0v) is 8.35. The molecule has 0 radical (unpaired) electrons. The van der Waals surface area contributed by atoms with Crippen LogP contribution in [-0.4, -0.2) is 6.54 Å². The Hall–Kier alpha value is -0.980. The third kappa shape index (κ3) is 5.78. The highest BCUT2D eigenvalue weighted by Crippen LogP contribution is 1.98. The van der Waals surface area contributed by atoms with Crippen molar-refractivity contribution < 1.29 is 0 Å². The Morgan fingerprint density at radius 3 is 2.67 bits per heavy atom. The van der Waals surface area contributed by atoms with Crippen LogP contribution in [0.1, 0.15) is 27.2 Å². The first-order valence-electron chi connectivity index (χ1n) is 4.44. The molecule has 68 valence electrons. The van der Waals surface area contributed by atoms with Gasteiger partial charge in [-0.2, -0.15) is 0 Å². The Balaban J connectivity index is 3.88. The Bertz CT molecular complexity index is 187. The summed E-state index contributed by atoms with van der Waals surface area (Å²) in [6, 6.07) is 0. The van der Waals surface area contributed by atoms with Crippen LogP contribution in [-0.2, 0) is 0 Å². The highest BCUT2D eigenvalue weighted by atomic mass is 14.9. The Morgan fingerprint density at radius 2 is 2.17 bits per heavy atom. The van der Waals surface area contributed by atoms with Crippen molar-refractivity contribution in [1.29, 1.82) is 0 Å². The predicted molar refractivity (Wildman–Crippen MR) is 56.0 cm³/mol. The van der Waals surface area contributed by atoms with Crippen LogP contribution < -0.4 is 5.32 Å². The van der Waals surface area contributed by atoms with Crippen LogP contribution in [0.25, 0.3) is 0 Å². The average molecular weight is 165 g/mol. The van der Waals surface area contributed by atoms with E-state index in [1.807, 2.05) is 13.0 Å². The maximum absolute atomic E-state index is 3.89. The monoisotopic (exact) mass is 165 g/mol. The molecule has 0 saturated carbocycles. The summed E-state index contributed by atoms with van der Waals surface area (Å²) in [4.78, 5) is 0. The van der Waals surface area contributed by atoms with Gasteiger partial charge in [-0.15, -0.1) is 0 Å². The van der Waals surface area contributed by atoms with Crippen molar-refractivity contribution in [3.8, 4) is 0 Å². The molecule has 0 aromatic carbocycles. The smallest absolute Gasteiger partial charge is 0.0269 e. The van der Waals surface area contributed by atoms with E-state index < -0.39 is 0 Å². The first kappa shape index (κ1) is 11.0. The molecule has 0 aromatic heterocycles. The van der Waals surface area contributed by atoms with Crippen molar-refractivity contribution in [2.75, 3.05) is 6.54 Å². The number of allylic oxidation sites excluding steroid dienone is 4. The van der Waals surface area contributed by atoms with Crippen LogP contribution in [0.4, 0.5) is 0 Å². The summed E-state index contributed by atoms with van der Waals surface area (Å²) in [5.41, 5.74) is 2.22. The summed E-state index contributed by atoms with van der Waals surface area (Å²) in [5, 5.41) is 3.22. The van der Waals surface area contributed by atoms with Crippen molar-refractivity contribution >= 4 is 0 Å². The molecule has 0 saturated heterocycles. The fourth-order valence-electron chi connectivity index (χ4n) is 0.922. The van der Waals surface area contributed by atoms with Crippen LogP contribution in [0.3, 0.4) is 0 Å². The molecule has 0 aliphatic heterocycles. The van der Waals surface area contributed by atoms with E-state index in [0.29, 0.717) is 0 Å². The van der Waals surface area contributed by atoms with E-state index in [4.69, 9.17) is 0 Å². The number of hydrogen-bond donors (Lipinski definition) is 1. The molecular formula is C11H19N. The van der Waals surface area contributed by atoms with Gasteiger partial charge in [0.2, 0.25) is 0 Å². The number of rotatable bonds is 5. The first-order valence-corrected chi connectivity index (χ1v) is 4.44. The maximum Gasteiger partial charge on any atom is 0.0269 e. The molecule has 0 heterocycles. The molecule has 0 fully saturated rings. The normalized spacial score (nSPS) is 12.1. The largest absolute Gasteiger partial charge is 0.386 e. The van der Waals surface area contributed by atoms with Gasteiger partial charge in [0.05, 0.1) is 0 Å². The highest BCUT2D eigenvalue weighted by molar-refractivity contribution is 5.25. The lowest BCUT2D eigenvalue weighted by Crippen LogP contribution is -2.11. The topological polar surface area (TPSA) is 12.0 Å². The van der Waals surface area contributed by atoms with Gasteiger partial charge >= 0.3 is 0 Å². The van der Waals surface area contributed by atoms with Gasteiger partial charge in [-0.05, 0) is 31.9 Å². The van der Waals surface area contributed by atoms with Gasteiger partial charge in [0.1, 0.15) is 0 Å². The lowest BCUT2D eigenvalue weighted by Gasteiger charge is -2.03. The maximum atomic E-state index is 3.89. The molecule has 0 aliphatic rings. The van der Waals surface area contributed by atoms with E-state index in [-0.39, 0.29) is 0 Å². The van der Waals surface area contributed by atoms with Crippen molar-refractivity contribution in [3.05, 3.63) is 36.1 Å². The van der Waals surface area contributed by atoms with Gasteiger partial charge in [0, 0.05) is 12.2 Å². The average Bonchev–Trinajstić information content (AvgIpc) is 2.01. The van der Waals surface area contributed by atoms with Crippen molar-refractivity contribution in [3.63, 3.8) is 0 Å². The molecule has 0 aliphatic carbocycles. The summed E-state index contributed by atoms with van der Waals surface area (Å²) in [6.45, 7) is 11.1. The van der Waals surface area contributed by atoms with Crippen molar-refractivity contribution in [2.24, 2.45) is 0 Å². The third-order valence-corrected chi connectivity index (χ3v) is 1.43. The Morgan fingerprint density at radius 1 is 1.50 bits per heavy atom. The summed E-state index contributed by atoms with van der Waals surface area (Å²) < 4.78 is 0. The lowest BCUT2D eigenvalue weighted by molar-refractivity contribution is 0.786. The fraction of sp³-hybridized carbons (Fsp3) is 0.455. The van der Waals surface area contributed by atoms with Gasteiger partial charge in [-0.3, -0.25) is 0 Å². The standard InChI is InChI=1S/C11H19N/c1-5-7-10(3)9-11(4)12-8-6-2/h5,7,9,12H,4,6,8H2,1-3H3/b7-5-,10-9-. The highest BCUT2D eigenvalue weighted by Gasteiger charge is 1.86. The zero-order valence-electron chi connectivity index (χ0n) is 8.35. The van der Waals surface area contributed by atoms with Gasteiger partial charge in [-0.1, -0.05) is 25.7 Å². The minimum atomic E-state index is 0.993. The van der Waals surface area contributed by atoms with Crippen molar-refractivity contribution in [2.45, 2.75) is 27.2 Å². The fourth-order valence-corrected chi connectivity index (χ4v) is 0.922. The SMILES string of the molecule is C=C(/C=C(C)\C=C/C)NCCC. The second kappa shape index (κ2) is 6.71. The lowest BCUT2D eigenvalue weighted by atomic mass is 10.2. The van der Waals surface area contributed by atoms with E-state index >= 15 is 0 Å². The summed E-state index contributed by atoms with van der Waals surface area (Å²) >= 11 is 0. The van der Waals surface area contributed by atoms with Crippen LogP contribution in [0, 0.1) is 0 Å². The Kier molecular flexibility index (Phi) is 6.16. The van der Waals surface area contributed by atoms with Crippen LogP contribution >= 0.6 is 0 Å². The Labute approximate surface area is 75.9 Å². The number of hydrogen-bond acceptors (Lipinski definition) is 1. The molecule has 12 heavy (non-hydrogen) atoms. The van der Waals surface area contributed by atoms with E-state index in [9.17, 15) is 0 Å². The summed E-state index contributed by atoms with van der Waals surface area (Å²) in [5.74, 6) is 0. The van der Waals surface area contributed by atoms with Crippen molar-refractivity contribution in [1.82, 2.24) is 5.32 Å². The van der Waals surface area contributed by atoms with E-state index in [0.717, 1.165) is 18.7 Å². The summed E-state index contributed by atoms with van der Waals surface area (Å²) in [6.07, 6.45) is 7.28. The van der Waals surface area contributed by atoms with Gasteiger partial charge in [0.25, 0.3) is 0 Å². The zero-order chi connectivity index (χ0) is 9.40. The van der Waals surface area contributed by atoms with Crippen LogP contribution in [0.2, 0.25) is 0 Å². The molecule has 0 bridgehead atoms. The van der Waals surface area contributed by atoms with Crippen LogP contribution in [0.5, 0.6) is 0 Å². The molecule has 0 amide bonds. The quantitative estimate of drug-likeness (QED) is 0.617. The van der Waals surface area contributed by atoms with E-state index in [2.05, 4.69) is 37.9 Å². The molecule has 0 aromatic rings. The molecular weight excluding hydrogens is 146 g/mol. The third-order valence-electron chi connectivity index (χ3n) is 1.43. The minimum Gasteiger partial charge on any atom is -0.386 e. The molecule has 0 unspecified atom stereocenters. The van der Waals surface area contributed by atoms with E-state index in [1.54, 1.807) is 0 Å².